The Labute approximate surface area is 145 Å². The molecule has 0 radical (unpaired) electrons. The van der Waals surface area contributed by atoms with Crippen LogP contribution in [0.5, 0.6) is 0 Å². The molecule has 6 heteroatoms. The van der Waals surface area contributed by atoms with Crippen molar-refractivity contribution >= 4 is 12.4 Å². The first-order valence-electron chi connectivity index (χ1n) is 7.72. The monoisotopic (exact) mass is 330 g/mol. The molecule has 2 aromatic carbocycles. The number of hydrogen-bond acceptors (Lipinski definition) is 6. The van der Waals surface area contributed by atoms with E-state index in [1.165, 1.54) is 0 Å². The number of hydrogen-bond donors (Lipinski definition) is 2. The Kier molecular flexibility index (Phi) is 4.80. The molecule has 0 aliphatic heterocycles. The van der Waals surface area contributed by atoms with Gasteiger partial charge in [-0.05, 0) is 24.1 Å². The van der Waals surface area contributed by atoms with Crippen LogP contribution in [0.15, 0.2) is 64.8 Å². The molecular weight excluding hydrogens is 312 g/mol. The van der Waals surface area contributed by atoms with Gasteiger partial charge in [0.1, 0.15) is 0 Å². The normalized spacial score (nSPS) is 11.4. The molecule has 0 amide bonds. The molecule has 1 aromatic heterocycles. The molecule has 0 bridgehead atoms. The number of rotatable bonds is 4. The third-order valence-electron chi connectivity index (χ3n) is 3.68. The second-order valence-corrected chi connectivity index (χ2v) is 5.52. The summed E-state index contributed by atoms with van der Waals surface area (Å²) in [4.78, 5) is 9.24. The topological polar surface area (TPSA) is 103 Å². The van der Waals surface area contributed by atoms with E-state index in [4.69, 9.17) is 16.7 Å². The predicted octanol–water partition coefficient (Wildman–Crippen LogP) is 2.70. The fraction of sp³-hybridized carbons (Fsp3) is 0.0526. The molecule has 25 heavy (non-hydrogen) atoms. The molecule has 0 fully saturated rings. The van der Waals surface area contributed by atoms with E-state index < -0.39 is 0 Å². The average Bonchev–Trinajstić information content (AvgIpc) is 2.63. The maximum atomic E-state index is 5.18. The van der Waals surface area contributed by atoms with Crippen LogP contribution in [0.2, 0.25) is 0 Å². The largest absolute Gasteiger partial charge is 0.323 e. The predicted molar refractivity (Wildman–Crippen MR) is 101 cm³/mol. The van der Waals surface area contributed by atoms with E-state index in [1.54, 1.807) is 12.4 Å². The Morgan fingerprint density at radius 1 is 0.760 bits per heavy atom. The van der Waals surface area contributed by atoms with Crippen molar-refractivity contribution in [2.45, 2.75) is 6.92 Å². The Morgan fingerprint density at radius 2 is 1.28 bits per heavy atom. The highest BCUT2D eigenvalue weighted by molar-refractivity contribution is 5.81. The van der Waals surface area contributed by atoms with Gasteiger partial charge >= 0.3 is 0 Å². The molecule has 0 aliphatic carbocycles. The molecular formula is C19H18N6. The lowest BCUT2D eigenvalue weighted by Gasteiger charge is -2.07. The van der Waals surface area contributed by atoms with E-state index in [9.17, 15) is 0 Å². The number of aryl methyl sites for hydroxylation is 1. The van der Waals surface area contributed by atoms with Crippen molar-refractivity contribution in [1.82, 2.24) is 9.97 Å². The molecule has 0 saturated heterocycles. The van der Waals surface area contributed by atoms with Gasteiger partial charge in [0.25, 0.3) is 0 Å². The smallest absolute Gasteiger partial charge is 0.160 e. The minimum Gasteiger partial charge on any atom is -0.323 e. The van der Waals surface area contributed by atoms with Gasteiger partial charge in [-0.3, -0.25) is 0 Å². The molecule has 0 unspecified atom stereocenters. The molecule has 1 heterocycles. The van der Waals surface area contributed by atoms with Crippen molar-refractivity contribution in [1.29, 1.82) is 0 Å². The molecule has 3 rings (SSSR count). The molecule has 3 aromatic rings. The zero-order valence-corrected chi connectivity index (χ0v) is 13.8. The Morgan fingerprint density at radius 3 is 1.80 bits per heavy atom. The van der Waals surface area contributed by atoms with Gasteiger partial charge < -0.3 is 11.7 Å². The second-order valence-electron chi connectivity index (χ2n) is 5.52. The first kappa shape index (κ1) is 16.3. The van der Waals surface area contributed by atoms with Crippen LogP contribution in [0, 0.1) is 6.92 Å². The minimum atomic E-state index is 0.679. The van der Waals surface area contributed by atoms with Crippen LogP contribution in [0.1, 0.15) is 16.8 Å². The summed E-state index contributed by atoms with van der Waals surface area (Å²) >= 11 is 0. The summed E-state index contributed by atoms with van der Waals surface area (Å²) in [6.45, 7) is 1.96. The van der Waals surface area contributed by atoms with Gasteiger partial charge in [0.2, 0.25) is 0 Å². The van der Waals surface area contributed by atoms with Crippen molar-refractivity contribution in [2.24, 2.45) is 21.9 Å². The zero-order chi connectivity index (χ0) is 17.6. The summed E-state index contributed by atoms with van der Waals surface area (Å²) in [6.07, 6.45) is 3.20. The summed E-state index contributed by atoms with van der Waals surface area (Å²) < 4.78 is 0. The summed E-state index contributed by atoms with van der Waals surface area (Å²) in [5, 5.41) is 7.05. The Bertz CT molecular complexity index is 838. The molecule has 0 atom stereocenters. The highest BCUT2D eigenvalue weighted by atomic mass is 15.1. The van der Waals surface area contributed by atoms with E-state index >= 15 is 0 Å². The molecule has 0 aliphatic rings. The highest BCUT2D eigenvalue weighted by Crippen LogP contribution is 2.22. The summed E-state index contributed by atoms with van der Waals surface area (Å²) in [5.74, 6) is 11.0. The summed E-state index contributed by atoms with van der Waals surface area (Å²) in [6, 6.07) is 17.6. The van der Waals surface area contributed by atoms with Gasteiger partial charge in [0, 0.05) is 16.8 Å². The van der Waals surface area contributed by atoms with Crippen LogP contribution in [0.4, 0.5) is 0 Å². The molecule has 4 N–H and O–H groups in total. The number of nitrogens with two attached hydrogens (primary N) is 2. The van der Waals surface area contributed by atoms with Crippen LogP contribution in [-0.4, -0.2) is 22.4 Å². The number of aromatic nitrogens is 2. The van der Waals surface area contributed by atoms with Crippen molar-refractivity contribution in [3.05, 3.63) is 71.4 Å². The van der Waals surface area contributed by atoms with Crippen LogP contribution < -0.4 is 11.7 Å². The van der Waals surface area contributed by atoms with Gasteiger partial charge in [0.05, 0.1) is 18.1 Å². The average molecular weight is 330 g/mol. The van der Waals surface area contributed by atoms with E-state index in [0.29, 0.717) is 5.82 Å². The molecule has 124 valence electrons. The fourth-order valence-electron chi connectivity index (χ4n) is 2.48. The van der Waals surface area contributed by atoms with E-state index in [-0.39, 0.29) is 0 Å². The maximum Gasteiger partial charge on any atom is 0.160 e. The Hall–Kier alpha value is -3.54. The fourth-order valence-corrected chi connectivity index (χ4v) is 2.48. The van der Waals surface area contributed by atoms with Crippen LogP contribution in [-0.2, 0) is 0 Å². The lowest BCUT2D eigenvalue weighted by molar-refractivity contribution is 1.11. The molecule has 0 saturated carbocycles. The third-order valence-corrected chi connectivity index (χ3v) is 3.68. The number of benzene rings is 2. The van der Waals surface area contributed by atoms with Gasteiger partial charge in [-0.1, -0.05) is 48.5 Å². The van der Waals surface area contributed by atoms with Crippen molar-refractivity contribution in [2.75, 3.05) is 0 Å². The first-order valence-corrected chi connectivity index (χ1v) is 7.72. The molecule has 6 nitrogen and oxygen atoms in total. The van der Waals surface area contributed by atoms with Gasteiger partial charge in [-0.2, -0.15) is 10.2 Å². The maximum absolute atomic E-state index is 5.18. The van der Waals surface area contributed by atoms with Crippen LogP contribution in [0.25, 0.3) is 22.6 Å². The quantitative estimate of drug-likeness (QED) is 0.436. The third kappa shape index (κ3) is 3.87. The number of hydrazone groups is 2. The van der Waals surface area contributed by atoms with Crippen LogP contribution >= 0.6 is 0 Å². The van der Waals surface area contributed by atoms with Crippen molar-refractivity contribution < 1.29 is 0 Å². The Balaban J connectivity index is 1.97. The first-order chi connectivity index (χ1) is 12.2. The van der Waals surface area contributed by atoms with Gasteiger partial charge in [-0.25, -0.2) is 9.97 Å². The lowest BCUT2D eigenvalue weighted by Crippen LogP contribution is -1.96. The van der Waals surface area contributed by atoms with Crippen LogP contribution in [0.3, 0.4) is 0 Å². The standard InChI is InChI=1S/C19H18N6/c1-13-10-18(16-6-2-14(3-7-16)11-22-20)25-19(24-13)17-8-4-15(5-9-17)12-23-21/h2-12H,20-21H2,1H3/b22-11-,23-12-. The van der Waals surface area contributed by atoms with Crippen molar-refractivity contribution in [3.8, 4) is 22.6 Å². The van der Waals surface area contributed by atoms with Crippen molar-refractivity contribution in [3.63, 3.8) is 0 Å². The van der Waals surface area contributed by atoms with Gasteiger partial charge in [-0.15, -0.1) is 0 Å². The second kappa shape index (κ2) is 7.35. The van der Waals surface area contributed by atoms with Gasteiger partial charge in [0.15, 0.2) is 5.82 Å². The lowest BCUT2D eigenvalue weighted by atomic mass is 10.1. The zero-order valence-electron chi connectivity index (χ0n) is 13.8. The van der Waals surface area contributed by atoms with E-state index in [2.05, 4.69) is 15.2 Å². The summed E-state index contributed by atoms with van der Waals surface area (Å²) in [7, 11) is 0. The SMILES string of the molecule is Cc1cc(-c2ccc(/C=N\N)cc2)nc(-c2ccc(/C=N\N)cc2)n1. The summed E-state index contributed by atoms with van der Waals surface area (Å²) in [5.41, 5.74) is 5.58. The minimum absolute atomic E-state index is 0.679. The van der Waals surface area contributed by atoms with E-state index in [0.717, 1.165) is 33.6 Å². The highest BCUT2D eigenvalue weighted by Gasteiger charge is 2.07. The van der Waals surface area contributed by atoms with E-state index in [1.807, 2.05) is 61.5 Å². The molecule has 0 spiro atoms. The number of nitrogens with zero attached hydrogens (tertiary/aromatic N) is 4.